The first-order valence-corrected chi connectivity index (χ1v) is 6.51. The number of hydrogen-bond acceptors (Lipinski definition) is 2. The third kappa shape index (κ3) is 2.76. The van der Waals surface area contributed by atoms with Gasteiger partial charge in [-0.3, -0.25) is 0 Å². The van der Waals surface area contributed by atoms with Crippen molar-refractivity contribution in [1.29, 1.82) is 0 Å². The molecule has 1 heterocycles. The third-order valence-electron chi connectivity index (χ3n) is 2.82. The molecule has 17 heavy (non-hydrogen) atoms. The first kappa shape index (κ1) is 12.3. The molecule has 0 spiro atoms. The second-order valence-electron chi connectivity index (χ2n) is 3.92. The standard InChI is InChI=1S/C13H16BrN3/c1-2-17-12(8-15)9-16-13(17)7-10-3-5-11(14)6-4-10/h3-6,9H,2,7-8,15H2,1H3. The van der Waals surface area contributed by atoms with E-state index in [1.807, 2.05) is 6.20 Å². The predicted octanol–water partition coefficient (Wildman–Crippen LogP) is 2.72. The van der Waals surface area contributed by atoms with Crippen LogP contribution in [-0.4, -0.2) is 9.55 Å². The minimum absolute atomic E-state index is 0.543. The van der Waals surface area contributed by atoms with Crippen LogP contribution in [0.1, 0.15) is 24.0 Å². The molecule has 90 valence electrons. The lowest BCUT2D eigenvalue weighted by Crippen LogP contribution is -2.09. The largest absolute Gasteiger partial charge is 0.331 e. The average molecular weight is 294 g/mol. The maximum atomic E-state index is 5.69. The highest BCUT2D eigenvalue weighted by Gasteiger charge is 2.07. The van der Waals surface area contributed by atoms with E-state index in [0.29, 0.717) is 6.54 Å². The van der Waals surface area contributed by atoms with Gasteiger partial charge in [0.1, 0.15) is 5.82 Å². The fourth-order valence-corrected chi connectivity index (χ4v) is 2.19. The summed E-state index contributed by atoms with van der Waals surface area (Å²) in [4.78, 5) is 4.45. The fraction of sp³-hybridized carbons (Fsp3) is 0.308. The molecule has 0 fully saturated rings. The Morgan fingerprint density at radius 3 is 2.59 bits per heavy atom. The molecular formula is C13H16BrN3. The molecule has 0 bridgehead atoms. The summed E-state index contributed by atoms with van der Waals surface area (Å²) in [6, 6.07) is 8.33. The van der Waals surface area contributed by atoms with E-state index in [0.717, 1.165) is 29.0 Å². The molecule has 1 aromatic carbocycles. The Hall–Kier alpha value is -1.13. The van der Waals surface area contributed by atoms with Gasteiger partial charge in [-0.1, -0.05) is 28.1 Å². The molecule has 0 saturated carbocycles. The molecule has 3 nitrogen and oxygen atoms in total. The molecule has 0 radical (unpaired) electrons. The number of hydrogen-bond donors (Lipinski definition) is 1. The van der Waals surface area contributed by atoms with Crippen molar-refractivity contribution in [2.45, 2.75) is 26.4 Å². The van der Waals surface area contributed by atoms with E-state index in [1.54, 1.807) is 0 Å². The second-order valence-corrected chi connectivity index (χ2v) is 4.83. The zero-order chi connectivity index (χ0) is 12.3. The van der Waals surface area contributed by atoms with E-state index in [4.69, 9.17) is 5.73 Å². The summed E-state index contributed by atoms with van der Waals surface area (Å²) in [6.45, 7) is 3.57. The van der Waals surface area contributed by atoms with Gasteiger partial charge in [-0.25, -0.2) is 4.98 Å². The molecule has 0 amide bonds. The zero-order valence-corrected chi connectivity index (χ0v) is 11.4. The normalized spacial score (nSPS) is 10.8. The lowest BCUT2D eigenvalue weighted by molar-refractivity contribution is 0.674. The Bertz CT molecular complexity index is 488. The van der Waals surface area contributed by atoms with Crippen molar-refractivity contribution in [2.75, 3.05) is 0 Å². The first-order chi connectivity index (χ1) is 8.24. The van der Waals surface area contributed by atoms with Gasteiger partial charge < -0.3 is 10.3 Å². The van der Waals surface area contributed by atoms with Gasteiger partial charge in [0.2, 0.25) is 0 Å². The number of benzene rings is 1. The number of nitrogens with zero attached hydrogens (tertiary/aromatic N) is 2. The molecule has 0 atom stereocenters. The van der Waals surface area contributed by atoms with Crippen molar-refractivity contribution < 1.29 is 0 Å². The smallest absolute Gasteiger partial charge is 0.113 e. The number of imidazole rings is 1. The van der Waals surface area contributed by atoms with Crippen LogP contribution < -0.4 is 5.73 Å². The summed E-state index contributed by atoms with van der Waals surface area (Å²) in [5.74, 6) is 1.08. The Morgan fingerprint density at radius 1 is 1.29 bits per heavy atom. The first-order valence-electron chi connectivity index (χ1n) is 5.72. The third-order valence-corrected chi connectivity index (χ3v) is 3.35. The summed E-state index contributed by atoms with van der Waals surface area (Å²) >= 11 is 3.44. The average Bonchev–Trinajstić information content (AvgIpc) is 2.74. The van der Waals surface area contributed by atoms with Gasteiger partial charge in [-0.2, -0.15) is 0 Å². The van der Waals surface area contributed by atoms with Gasteiger partial charge in [-0.15, -0.1) is 0 Å². The molecule has 0 saturated heterocycles. The summed E-state index contributed by atoms with van der Waals surface area (Å²) in [5.41, 5.74) is 8.04. The molecule has 2 aromatic rings. The summed E-state index contributed by atoms with van der Waals surface area (Å²) in [7, 11) is 0. The quantitative estimate of drug-likeness (QED) is 0.942. The van der Waals surface area contributed by atoms with Crippen molar-refractivity contribution in [3.05, 3.63) is 52.0 Å². The van der Waals surface area contributed by atoms with Crippen molar-refractivity contribution in [3.8, 4) is 0 Å². The van der Waals surface area contributed by atoms with E-state index in [9.17, 15) is 0 Å². The highest BCUT2D eigenvalue weighted by molar-refractivity contribution is 9.10. The van der Waals surface area contributed by atoms with Crippen LogP contribution in [0.2, 0.25) is 0 Å². The maximum absolute atomic E-state index is 5.69. The van der Waals surface area contributed by atoms with Gasteiger partial charge in [0, 0.05) is 30.2 Å². The maximum Gasteiger partial charge on any atom is 0.113 e. The van der Waals surface area contributed by atoms with Crippen LogP contribution in [0.15, 0.2) is 34.9 Å². The van der Waals surface area contributed by atoms with Crippen molar-refractivity contribution in [3.63, 3.8) is 0 Å². The molecule has 4 heteroatoms. The van der Waals surface area contributed by atoms with Crippen LogP contribution in [0.4, 0.5) is 0 Å². The van der Waals surface area contributed by atoms with Gasteiger partial charge in [0.25, 0.3) is 0 Å². The number of halogens is 1. The second kappa shape index (κ2) is 5.47. The predicted molar refractivity (Wildman–Crippen MR) is 72.7 cm³/mol. The molecule has 2 N–H and O–H groups in total. The van der Waals surface area contributed by atoms with E-state index >= 15 is 0 Å². The summed E-state index contributed by atoms with van der Waals surface area (Å²) < 4.78 is 3.28. The summed E-state index contributed by atoms with van der Waals surface area (Å²) in [5, 5.41) is 0. The Morgan fingerprint density at radius 2 is 2.00 bits per heavy atom. The monoisotopic (exact) mass is 293 g/mol. The summed E-state index contributed by atoms with van der Waals surface area (Å²) in [6.07, 6.45) is 2.72. The minimum Gasteiger partial charge on any atom is -0.331 e. The lowest BCUT2D eigenvalue weighted by atomic mass is 10.1. The molecule has 0 aliphatic rings. The Balaban J connectivity index is 2.23. The lowest BCUT2D eigenvalue weighted by Gasteiger charge is -2.08. The molecule has 0 aliphatic carbocycles. The van der Waals surface area contributed by atoms with E-state index < -0.39 is 0 Å². The van der Waals surface area contributed by atoms with E-state index in [2.05, 4.69) is 56.7 Å². The molecular weight excluding hydrogens is 278 g/mol. The highest BCUT2D eigenvalue weighted by atomic mass is 79.9. The SMILES string of the molecule is CCn1c(CN)cnc1Cc1ccc(Br)cc1. The van der Waals surface area contributed by atoms with Gasteiger partial charge >= 0.3 is 0 Å². The van der Waals surface area contributed by atoms with Crippen LogP contribution in [0.5, 0.6) is 0 Å². The topological polar surface area (TPSA) is 43.8 Å². The fourth-order valence-electron chi connectivity index (χ4n) is 1.93. The van der Waals surface area contributed by atoms with Crippen LogP contribution in [0, 0.1) is 0 Å². The Labute approximate surface area is 110 Å². The van der Waals surface area contributed by atoms with Gasteiger partial charge in [-0.05, 0) is 24.6 Å². The molecule has 0 aliphatic heterocycles. The van der Waals surface area contributed by atoms with Crippen LogP contribution in [-0.2, 0) is 19.5 Å². The van der Waals surface area contributed by atoms with Crippen molar-refractivity contribution >= 4 is 15.9 Å². The zero-order valence-electron chi connectivity index (χ0n) is 9.86. The van der Waals surface area contributed by atoms with Crippen LogP contribution in [0.3, 0.4) is 0 Å². The minimum atomic E-state index is 0.543. The van der Waals surface area contributed by atoms with Crippen LogP contribution >= 0.6 is 15.9 Å². The number of rotatable bonds is 4. The molecule has 2 rings (SSSR count). The Kier molecular flexibility index (Phi) is 3.97. The van der Waals surface area contributed by atoms with Crippen molar-refractivity contribution in [2.24, 2.45) is 5.73 Å². The number of nitrogens with two attached hydrogens (primary N) is 1. The van der Waals surface area contributed by atoms with E-state index in [1.165, 1.54) is 5.56 Å². The highest BCUT2D eigenvalue weighted by Crippen LogP contribution is 2.14. The van der Waals surface area contributed by atoms with Crippen molar-refractivity contribution in [1.82, 2.24) is 9.55 Å². The number of aromatic nitrogens is 2. The van der Waals surface area contributed by atoms with Gasteiger partial charge in [0.05, 0.1) is 5.69 Å². The molecule has 0 unspecified atom stereocenters. The van der Waals surface area contributed by atoms with Crippen LogP contribution in [0.25, 0.3) is 0 Å². The van der Waals surface area contributed by atoms with Gasteiger partial charge in [0.15, 0.2) is 0 Å². The molecule has 1 aromatic heterocycles. The van der Waals surface area contributed by atoms with E-state index in [-0.39, 0.29) is 0 Å².